The van der Waals surface area contributed by atoms with Gasteiger partial charge in [0.2, 0.25) is 0 Å². The molecule has 6 nitrogen and oxygen atoms in total. The van der Waals surface area contributed by atoms with E-state index in [1.165, 1.54) is 21.8 Å². The normalized spacial score (nSPS) is 17.8. The Balaban J connectivity index is 1.71. The second-order valence-corrected chi connectivity index (χ2v) is 6.18. The number of rotatable bonds is 3. The van der Waals surface area contributed by atoms with Crippen molar-refractivity contribution in [2.45, 2.75) is 44.3 Å². The highest BCUT2D eigenvalue weighted by atomic mass is 32.1. The van der Waals surface area contributed by atoms with Gasteiger partial charge in [-0.2, -0.15) is 0 Å². The topological polar surface area (TPSA) is 80.9 Å². The number of esters is 1. The first-order valence-corrected chi connectivity index (χ1v) is 7.82. The Hall–Kier alpha value is -1.73. The van der Waals surface area contributed by atoms with Crippen molar-refractivity contribution < 1.29 is 14.6 Å². The molecule has 2 heterocycles. The van der Waals surface area contributed by atoms with Gasteiger partial charge in [0.25, 0.3) is 5.56 Å². The highest BCUT2D eigenvalue weighted by Gasteiger charge is 2.38. The summed E-state index contributed by atoms with van der Waals surface area (Å²) < 4.78 is 6.59. The van der Waals surface area contributed by atoms with Crippen molar-refractivity contribution in [2.75, 3.05) is 0 Å². The lowest BCUT2D eigenvalue weighted by atomic mass is 9.85. The second-order valence-electron chi connectivity index (χ2n) is 5.31. The molecule has 112 valence electrons. The number of hydrogen-bond acceptors (Lipinski definition) is 6. The predicted octanol–water partition coefficient (Wildman–Crippen LogP) is 1.49. The lowest BCUT2D eigenvalue weighted by Crippen LogP contribution is -2.41. The third-order valence-electron chi connectivity index (χ3n) is 3.77. The van der Waals surface area contributed by atoms with E-state index in [1.807, 2.05) is 0 Å². The Bertz CT molecular complexity index is 715. The molecule has 7 heteroatoms. The van der Waals surface area contributed by atoms with Crippen molar-refractivity contribution in [1.82, 2.24) is 9.38 Å². The number of ether oxygens (including phenoxy) is 1. The molecule has 0 atom stereocenters. The fourth-order valence-corrected chi connectivity index (χ4v) is 3.32. The minimum absolute atomic E-state index is 0.0925. The van der Waals surface area contributed by atoms with Gasteiger partial charge in [-0.15, -0.1) is 11.3 Å². The smallest absolute Gasteiger partial charge is 0.338 e. The molecule has 0 saturated heterocycles. The minimum Gasteiger partial charge on any atom is -0.457 e. The molecule has 21 heavy (non-hydrogen) atoms. The summed E-state index contributed by atoms with van der Waals surface area (Å²) >= 11 is 1.34. The second kappa shape index (κ2) is 5.57. The first-order chi connectivity index (χ1) is 10.1. The van der Waals surface area contributed by atoms with Gasteiger partial charge in [-0.3, -0.25) is 9.20 Å². The molecule has 0 amide bonds. The summed E-state index contributed by atoms with van der Waals surface area (Å²) in [4.78, 5) is 28.6. The fourth-order valence-electron chi connectivity index (χ4n) is 2.58. The molecule has 0 aromatic carbocycles. The maximum Gasteiger partial charge on any atom is 0.338 e. The molecule has 2 aromatic rings. The predicted molar refractivity (Wildman–Crippen MR) is 77.2 cm³/mol. The highest BCUT2D eigenvalue weighted by Crippen LogP contribution is 2.29. The van der Waals surface area contributed by atoms with Crippen LogP contribution in [0, 0.1) is 0 Å². The zero-order valence-corrected chi connectivity index (χ0v) is 12.3. The summed E-state index contributed by atoms with van der Waals surface area (Å²) in [5.41, 5.74) is -1.18. The van der Waals surface area contributed by atoms with Gasteiger partial charge in [0.05, 0.1) is 5.69 Å². The summed E-state index contributed by atoms with van der Waals surface area (Å²) in [6.45, 7) is -0.0925. The molecular formula is C14H16N2O4S. The average Bonchev–Trinajstić information content (AvgIpc) is 2.94. The molecule has 3 rings (SSSR count). The Kier molecular flexibility index (Phi) is 3.77. The lowest BCUT2D eigenvalue weighted by molar-refractivity contribution is -0.170. The van der Waals surface area contributed by atoms with Gasteiger partial charge in [0.1, 0.15) is 6.61 Å². The molecule has 0 bridgehead atoms. The first kappa shape index (κ1) is 14.2. The maximum absolute atomic E-state index is 12.0. The van der Waals surface area contributed by atoms with E-state index in [4.69, 9.17) is 4.74 Å². The van der Waals surface area contributed by atoms with E-state index < -0.39 is 11.6 Å². The van der Waals surface area contributed by atoms with Gasteiger partial charge < -0.3 is 9.84 Å². The SMILES string of the molecule is O=C(OCc1cc(=O)n2ccsc2n1)C1(O)CCCCC1. The van der Waals surface area contributed by atoms with Crippen LogP contribution in [0.1, 0.15) is 37.8 Å². The molecule has 0 radical (unpaired) electrons. The van der Waals surface area contributed by atoms with E-state index in [-0.39, 0.29) is 12.2 Å². The maximum atomic E-state index is 12.0. The molecule has 0 unspecified atom stereocenters. The summed E-state index contributed by atoms with van der Waals surface area (Å²) in [5, 5.41) is 12.0. The summed E-state index contributed by atoms with van der Waals surface area (Å²) in [5.74, 6) is -0.615. The monoisotopic (exact) mass is 308 g/mol. The quantitative estimate of drug-likeness (QED) is 0.869. The Morgan fingerprint density at radius 1 is 1.43 bits per heavy atom. The molecule has 2 aromatic heterocycles. The zero-order chi connectivity index (χ0) is 14.9. The number of fused-ring (bicyclic) bond motifs is 1. The molecule has 1 aliphatic carbocycles. The van der Waals surface area contributed by atoms with Gasteiger partial charge in [-0.05, 0) is 25.7 Å². The average molecular weight is 308 g/mol. The Morgan fingerprint density at radius 2 is 2.19 bits per heavy atom. The first-order valence-electron chi connectivity index (χ1n) is 6.94. The number of aliphatic hydroxyl groups is 1. The van der Waals surface area contributed by atoms with E-state index in [0.29, 0.717) is 23.5 Å². The van der Waals surface area contributed by atoms with Gasteiger partial charge >= 0.3 is 5.97 Å². The van der Waals surface area contributed by atoms with Crippen molar-refractivity contribution >= 4 is 22.3 Å². The van der Waals surface area contributed by atoms with E-state index >= 15 is 0 Å². The van der Waals surface area contributed by atoms with Crippen molar-refractivity contribution in [3.8, 4) is 0 Å². The summed E-state index contributed by atoms with van der Waals surface area (Å²) in [7, 11) is 0. The van der Waals surface area contributed by atoms with Gasteiger partial charge in [0.15, 0.2) is 10.6 Å². The third kappa shape index (κ3) is 2.84. The van der Waals surface area contributed by atoms with Crippen LogP contribution in [0.5, 0.6) is 0 Å². The highest BCUT2D eigenvalue weighted by molar-refractivity contribution is 7.15. The summed E-state index contributed by atoms with van der Waals surface area (Å²) in [6.07, 6.45) is 5.20. The number of carbonyl (C=O) groups is 1. The van der Waals surface area contributed by atoms with Crippen LogP contribution < -0.4 is 5.56 Å². The lowest BCUT2D eigenvalue weighted by Gasteiger charge is -2.29. The standard InChI is InChI=1S/C14H16N2O4S/c17-11-8-10(15-13-16(11)6-7-21-13)9-20-12(18)14(19)4-2-1-3-5-14/h6-8,19H,1-5,9H2. The Morgan fingerprint density at radius 3 is 2.95 bits per heavy atom. The van der Waals surface area contributed by atoms with Crippen LogP contribution in [-0.2, 0) is 16.1 Å². The van der Waals surface area contributed by atoms with Crippen LogP contribution in [0.25, 0.3) is 4.96 Å². The van der Waals surface area contributed by atoms with Crippen molar-refractivity contribution in [2.24, 2.45) is 0 Å². The van der Waals surface area contributed by atoms with Gasteiger partial charge in [-0.25, -0.2) is 9.78 Å². The number of nitrogens with zero attached hydrogens (tertiary/aromatic N) is 2. The number of aromatic nitrogens is 2. The molecule has 1 saturated carbocycles. The van der Waals surface area contributed by atoms with Crippen LogP contribution >= 0.6 is 11.3 Å². The van der Waals surface area contributed by atoms with E-state index in [1.54, 1.807) is 11.6 Å². The molecule has 1 aliphatic rings. The van der Waals surface area contributed by atoms with Crippen LogP contribution in [0.2, 0.25) is 0 Å². The Labute approximate surface area is 125 Å². The van der Waals surface area contributed by atoms with Crippen LogP contribution in [0.15, 0.2) is 22.4 Å². The van der Waals surface area contributed by atoms with Crippen LogP contribution in [-0.4, -0.2) is 26.1 Å². The molecule has 0 aliphatic heterocycles. The largest absolute Gasteiger partial charge is 0.457 e. The van der Waals surface area contributed by atoms with Crippen LogP contribution in [0.4, 0.5) is 0 Å². The summed E-state index contributed by atoms with van der Waals surface area (Å²) in [6, 6.07) is 1.35. The molecule has 1 N–H and O–H groups in total. The number of thiazole rings is 1. The van der Waals surface area contributed by atoms with Crippen molar-refractivity contribution in [1.29, 1.82) is 0 Å². The van der Waals surface area contributed by atoms with E-state index in [9.17, 15) is 14.7 Å². The molecule has 1 fully saturated rings. The van der Waals surface area contributed by atoms with Crippen LogP contribution in [0.3, 0.4) is 0 Å². The minimum atomic E-state index is -1.37. The van der Waals surface area contributed by atoms with Crippen molar-refractivity contribution in [3.05, 3.63) is 33.7 Å². The van der Waals surface area contributed by atoms with E-state index in [2.05, 4.69) is 4.98 Å². The van der Waals surface area contributed by atoms with Gasteiger partial charge in [-0.1, -0.05) is 6.42 Å². The van der Waals surface area contributed by atoms with Gasteiger partial charge in [0, 0.05) is 17.6 Å². The number of carbonyl (C=O) groups excluding carboxylic acids is 1. The fraction of sp³-hybridized carbons (Fsp3) is 0.500. The third-order valence-corrected chi connectivity index (χ3v) is 4.52. The number of hydrogen-bond donors (Lipinski definition) is 1. The zero-order valence-electron chi connectivity index (χ0n) is 11.4. The molecule has 0 spiro atoms. The van der Waals surface area contributed by atoms with Crippen molar-refractivity contribution in [3.63, 3.8) is 0 Å². The van der Waals surface area contributed by atoms with E-state index in [0.717, 1.165) is 19.3 Å². The molecular weight excluding hydrogens is 292 g/mol.